The number of aliphatic hydroxyl groups excluding tert-OH is 1. The number of halogens is 2. The van der Waals surface area contributed by atoms with Gasteiger partial charge in [-0.25, -0.2) is 4.39 Å². The summed E-state index contributed by atoms with van der Waals surface area (Å²) in [6, 6.07) is 6.82. The van der Waals surface area contributed by atoms with Gasteiger partial charge in [-0.2, -0.15) is 0 Å². The fourth-order valence-corrected chi connectivity index (χ4v) is 2.74. The molecular formula is C14H13ClFNO. The van der Waals surface area contributed by atoms with Crippen molar-refractivity contribution in [3.8, 4) is 5.69 Å². The number of benzene rings is 1. The fourth-order valence-electron chi connectivity index (χ4n) is 2.57. The number of aromatic nitrogens is 1. The van der Waals surface area contributed by atoms with E-state index in [0.717, 1.165) is 30.5 Å². The average Bonchev–Trinajstić information content (AvgIpc) is 2.78. The van der Waals surface area contributed by atoms with E-state index in [0.29, 0.717) is 5.69 Å². The third-order valence-corrected chi connectivity index (χ3v) is 3.76. The summed E-state index contributed by atoms with van der Waals surface area (Å²) in [4.78, 5) is 0. The first kappa shape index (κ1) is 11.8. The van der Waals surface area contributed by atoms with Gasteiger partial charge in [0.25, 0.3) is 0 Å². The second-order valence-electron chi connectivity index (χ2n) is 4.57. The summed E-state index contributed by atoms with van der Waals surface area (Å²) in [7, 11) is 0. The molecular weight excluding hydrogens is 253 g/mol. The molecule has 1 aliphatic rings. The Morgan fingerprint density at radius 1 is 1.33 bits per heavy atom. The third-order valence-electron chi connectivity index (χ3n) is 3.47. The largest absolute Gasteiger partial charge is 0.388 e. The molecule has 0 bridgehead atoms. The first-order valence-electron chi connectivity index (χ1n) is 6.01. The first-order valence-corrected chi connectivity index (χ1v) is 6.39. The van der Waals surface area contributed by atoms with Gasteiger partial charge in [0.1, 0.15) is 0 Å². The zero-order chi connectivity index (χ0) is 12.7. The molecule has 1 unspecified atom stereocenters. The average molecular weight is 266 g/mol. The topological polar surface area (TPSA) is 25.2 Å². The van der Waals surface area contributed by atoms with Crippen molar-refractivity contribution >= 4 is 11.6 Å². The molecule has 1 N–H and O–H groups in total. The highest BCUT2D eigenvalue weighted by atomic mass is 35.5. The van der Waals surface area contributed by atoms with Crippen molar-refractivity contribution in [3.05, 3.63) is 52.6 Å². The van der Waals surface area contributed by atoms with E-state index in [9.17, 15) is 9.50 Å². The Kier molecular flexibility index (Phi) is 2.88. The Balaban J connectivity index is 2.16. The van der Waals surface area contributed by atoms with Crippen LogP contribution in [-0.4, -0.2) is 9.67 Å². The minimum absolute atomic E-state index is 0.117. The van der Waals surface area contributed by atoms with Crippen molar-refractivity contribution in [2.45, 2.75) is 25.4 Å². The first-order chi connectivity index (χ1) is 8.68. The van der Waals surface area contributed by atoms with Crippen LogP contribution in [0.5, 0.6) is 0 Å². The molecule has 4 heteroatoms. The summed E-state index contributed by atoms with van der Waals surface area (Å²) in [6.45, 7) is 0. The van der Waals surface area contributed by atoms with E-state index in [1.165, 1.54) is 6.07 Å². The lowest BCUT2D eigenvalue weighted by atomic mass is 9.95. The molecule has 0 amide bonds. The summed E-state index contributed by atoms with van der Waals surface area (Å²) in [5, 5.41) is 10.0. The lowest BCUT2D eigenvalue weighted by molar-refractivity contribution is 0.156. The molecule has 2 aromatic rings. The Hall–Kier alpha value is -1.32. The van der Waals surface area contributed by atoms with Crippen molar-refractivity contribution in [3.63, 3.8) is 0 Å². The van der Waals surface area contributed by atoms with Gasteiger partial charge in [0, 0.05) is 17.5 Å². The zero-order valence-corrected chi connectivity index (χ0v) is 10.5. The second-order valence-corrected chi connectivity index (χ2v) is 4.98. The highest BCUT2D eigenvalue weighted by Crippen LogP contribution is 2.33. The molecule has 0 radical (unpaired) electrons. The maximum absolute atomic E-state index is 14.0. The maximum atomic E-state index is 14.0. The molecule has 3 rings (SSSR count). The van der Waals surface area contributed by atoms with Crippen molar-refractivity contribution in [2.75, 3.05) is 0 Å². The SMILES string of the molecule is OC1CCCc2c1ccn2-c1cccc(Cl)c1F. The third kappa shape index (κ3) is 1.74. The number of hydrogen-bond acceptors (Lipinski definition) is 1. The van der Waals surface area contributed by atoms with Gasteiger partial charge in [-0.3, -0.25) is 0 Å². The van der Waals surface area contributed by atoms with Crippen LogP contribution in [-0.2, 0) is 6.42 Å². The van der Waals surface area contributed by atoms with Crippen LogP contribution >= 0.6 is 11.6 Å². The highest BCUT2D eigenvalue weighted by molar-refractivity contribution is 6.30. The molecule has 94 valence electrons. The van der Waals surface area contributed by atoms with Gasteiger partial charge in [-0.1, -0.05) is 17.7 Å². The van der Waals surface area contributed by atoms with Gasteiger partial charge >= 0.3 is 0 Å². The van der Waals surface area contributed by atoms with Gasteiger partial charge in [-0.15, -0.1) is 0 Å². The molecule has 1 aromatic carbocycles. The van der Waals surface area contributed by atoms with Gasteiger partial charge in [0.2, 0.25) is 0 Å². The monoisotopic (exact) mass is 265 g/mol. The number of nitrogens with zero attached hydrogens (tertiary/aromatic N) is 1. The van der Waals surface area contributed by atoms with Crippen molar-refractivity contribution in [1.82, 2.24) is 4.57 Å². The van der Waals surface area contributed by atoms with Crippen LogP contribution in [0.2, 0.25) is 5.02 Å². The van der Waals surface area contributed by atoms with E-state index >= 15 is 0 Å². The van der Waals surface area contributed by atoms with Crippen LogP contribution in [0.3, 0.4) is 0 Å². The molecule has 0 saturated carbocycles. The van der Waals surface area contributed by atoms with E-state index < -0.39 is 11.9 Å². The molecule has 2 nitrogen and oxygen atoms in total. The lowest BCUT2D eigenvalue weighted by Crippen LogP contribution is -2.11. The summed E-state index contributed by atoms with van der Waals surface area (Å²) in [5.41, 5.74) is 2.33. The van der Waals surface area contributed by atoms with E-state index in [-0.39, 0.29) is 5.02 Å². The number of aliphatic hydroxyl groups is 1. The predicted octanol–water partition coefficient (Wildman–Crippen LogP) is 3.64. The van der Waals surface area contributed by atoms with E-state index in [1.807, 2.05) is 6.07 Å². The second kappa shape index (κ2) is 4.41. The van der Waals surface area contributed by atoms with Gasteiger partial charge in [0.15, 0.2) is 5.82 Å². The predicted molar refractivity (Wildman–Crippen MR) is 68.6 cm³/mol. The Morgan fingerprint density at radius 3 is 3.00 bits per heavy atom. The fraction of sp³-hybridized carbons (Fsp3) is 0.286. The van der Waals surface area contributed by atoms with Gasteiger partial charge in [-0.05, 0) is 37.5 Å². The van der Waals surface area contributed by atoms with Gasteiger partial charge in [0.05, 0.1) is 16.8 Å². The van der Waals surface area contributed by atoms with Crippen LogP contribution in [0.1, 0.15) is 30.2 Å². The Morgan fingerprint density at radius 2 is 2.17 bits per heavy atom. The van der Waals surface area contributed by atoms with Crippen LogP contribution in [0.4, 0.5) is 4.39 Å². The minimum Gasteiger partial charge on any atom is -0.388 e. The van der Waals surface area contributed by atoms with E-state index in [1.54, 1.807) is 22.9 Å². The Bertz CT molecular complexity index is 593. The van der Waals surface area contributed by atoms with Crippen LogP contribution < -0.4 is 0 Å². The molecule has 1 heterocycles. The molecule has 1 atom stereocenters. The quantitative estimate of drug-likeness (QED) is 0.837. The summed E-state index contributed by atoms with van der Waals surface area (Å²) in [5.74, 6) is -0.419. The molecule has 0 spiro atoms. The molecule has 0 aliphatic heterocycles. The normalized spacial score (nSPS) is 18.7. The minimum atomic E-state index is -0.433. The van der Waals surface area contributed by atoms with Crippen LogP contribution in [0.15, 0.2) is 30.5 Å². The summed E-state index contributed by atoms with van der Waals surface area (Å²) >= 11 is 5.80. The highest BCUT2D eigenvalue weighted by Gasteiger charge is 2.22. The lowest BCUT2D eigenvalue weighted by Gasteiger charge is -2.20. The molecule has 0 saturated heterocycles. The van der Waals surface area contributed by atoms with Crippen molar-refractivity contribution in [2.24, 2.45) is 0 Å². The van der Waals surface area contributed by atoms with E-state index in [2.05, 4.69) is 0 Å². The smallest absolute Gasteiger partial charge is 0.165 e. The summed E-state index contributed by atoms with van der Waals surface area (Å²) in [6.07, 6.45) is 3.91. The molecule has 1 aromatic heterocycles. The molecule has 18 heavy (non-hydrogen) atoms. The van der Waals surface area contributed by atoms with Crippen molar-refractivity contribution < 1.29 is 9.50 Å². The van der Waals surface area contributed by atoms with E-state index in [4.69, 9.17) is 11.6 Å². The van der Waals surface area contributed by atoms with Crippen molar-refractivity contribution in [1.29, 1.82) is 0 Å². The molecule has 0 fully saturated rings. The zero-order valence-electron chi connectivity index (χ0n) is 9.74. The standard InChI is InChI=1S/C14H13ClFNO/c15-10-3-1-5-12(14(10)16)17-8-7-9-11(17)4-2-6-13(9)18/h1,3,5,7-8,13,18H,2,4,6H2. The summed E-state index contributed by atoms with van der Waals surface area (Å²) < 4.78 is 15.8. The maximum Gasteiger partial charge on any atom is 0.165 e. The van der Waals surface area contributed by atoms with Crippen LogP contribution in [0.25, 0.3) is 5.69 Å². The Labute approximate surface area is 110 Å². The molecule has 1 aliphatic carbocycles. The number of rotatable bonds is 1. The van der Waals surface area contributed by atoms with Gasteiger partial charge < -0.3 is 9.67 Å². The van der Waals surface area contributed by atoms with Crippen LogP contribution in [0, 0.1) is 5.82 Å². The number of hydrogen-bond donors (Lipinski definition) is 1. The number of fused-ring (bicyclic) bond motifs is 1.